The largest absolute Gasteiger partial charge is 0.497 e. The van der Waals surface area contributed by atoms with Crippen LogP contribution in [0, 0.1) is 17.8 Å². The smallest absolute Gasteiger partial charge is 0.425 e. The second kappa shape index (κ2) is 17.4. The van der Waals surface area contributed by atoms with Gasteiger partial charge in [-0.1, -0.05) is 26.0 Å². The summed E-state index contributed by atoms with van der Waals surface area (Å²) in [6.45, 7) is 7.74. The number of alkyl halides is 3. The number of aromatic nitrogens is 1. The molecule has 3 N–H and O–H groups in total. The molecule has 20 heteroatoms. The lowest BCUT2D eigenvalue weighted by atomic mass is 9.88. The number of ether oxygens (including phenoxy) is 4. The van der Waals surface area contributed by atoms with Crippen molar-refractivity contribution >= 4 is 50.4 Å². The zero-order valence-electron chi connectivity index (χ0n) is 35.5. The number of hydrogen-bond donors (Lipinski definition) is 3. The van der Waals surface area contributed by atoms with Crippen LogP contribution in [0.15, 0.2) is 36.4 Å². The molecule has 0 bridgehead atoms. The van der Waals surface area contributed by atoms with Crippen LogP contribution in [0.3, 0.4) is 0 Å². The summed E-state index contributed by atoms with van der Waals surface area (Å²) < 4.78 is 90.3. The van der Waals surface area contributed by atoms with Gasteiger partial charge in [0.15, 0.2) is 6.10 Å². The zero-order chi connectivity index (χ0) is 44.8. The summed E-state index contributed by atoms with van der Waals surface area (Å²) in [5.74, 6) is -2.30. The molecular weight excluding hydrogens is 838 g/mol. The van der Waals surface area contributed by atoms with Gasteiger partial charge in [0.2, 0.25) is 27.7 Å². The van der Waals surface area contributed by atoms with Gasteiger partial charge in [0.1, 0.15) is 35.3 Å². The predicted molar refractivity (Wildman–Crippen MR) is 220 cm³/mol. The number of fused-ring (bicyclic) bond motifs is 3. The van der Waals surface area contributed by atoms with E-state index >= 15 is 0 Å². The molecule has 4 heterocycles. The number of carbonyl (C=O) groups excluding carboxylic acids is 4. The van der Waals surface area contributed by atoms with E-state index in [1.54, 1.807) is 39.2 Å². The number of rotatable bonds is 9. The standard InChI is InChI=1S/C42H55F3N6O10S/c1-24-8-6-7-9-28-22-41(28,38(54)49-62(56,57)40(4)12-13-40)48-35(52)32-21-30(23-51(32)37(53)34(25(2)18-24)47-39(55)60-26(3)42(43,44)45)61-36-31-11-10-29(58-5)19-27(31)20-33(46-36)50-14-16-59-17-15-50/h7,9-11,19-20,24-26,28,30,32,34H,6,8,12-18,21-23H2,1-5H3,(H,47,55)(H,48,52)(H,49,54)/b9-7-/t24-,25-,26-,28-,30-,32+,34+,41-/m1/s1. The van der Waals surface area contributed by atoms with Crippen molar-refractivity contribution in [2.75, 3.05) is 44.9 Å². The molecule has 1 aromatic heterocycles. The lowest BCUT2D eigenvalue weighted by molar-refractivity contribution is -0.197. The van der Waals surface area contributed by atoms with Crippen LogP contribution in [-0.4, -0.2) is 123 Å². The van der Waals surface area contributed by atoms with Crippen molar-refractivity contribution in [3.05, 3.63) is 36.4 Å². The van der Waals surface area contributed by atoms with Crippen LogP contribution in [0.25, 0.3) is 10.8 Å². The third-order valence-electron chi connectivity index (χ3n) is 12.9. The van der Waals surface area contributed by atoms with Gasteiger partial charge < -0.3 is 39.4 Å². The Labute approximate surface area is 358 Å². The predicted octanol–water partition coefficient (Wildman–Crippen LogP) is 4.36. The summed E-state index contributed by atoms with van der Waals surface area (Å²) in [7, 11) is -2.55. The number of allylic oxidation sites excluding steroid dienone is 1. The van der Waals surface area contributed by atoms with Gasteiger partial charge in [-0.25, -0.2) is 13.2 Å². The second-order valence-corrected chi connectivity index (χ2v) is 19.8. The maximum Gasteiger partial charge on any atom is 0.425 e. The van der Waals surface area contributed by atoms with E-state index in [0.29, 0.717) is 82.3 Å². The summed E-state index contributed by atoms with van der Waals surface area (Å²) in [5, 5.41) is 6.56. The number of amides is 4. The molecule has 1 aromatic carbocycles. The van der Waals surface area contributed by atoms with Crippen LogP contribution in [0.2, 0.25) is 0 Å². The molecule has 62 heavy (non-hydrogen) atoms. The Kier molecular flexibility index (Phi) is 12.7. The third kappa shape index (κ3) is 9.55. The molecule has 7 rings (SSSR count). The fraction of sp³-hybridized carbons (Fsp3) is 0.643. The summed E-state index contributed by atoms with van der Waals surface area (Å²) >= 11 is 0. The number of morpholine rings is 1. The van der Waals surface area contributed by atoms with Gasteiger partial charge >= 0.3 is 12.3 Å². The molecule has 5 aliphatic rings. The van der Waals surface area contributed by atoms with Crippen LogP contribution < -0.4 is 29.7 Å². The van der Waals surface area contributed by atoms with Gasteiger partial charge in [-0.2, -0.15) is 18.2 Å². The number of nitrogens with one attached hydrogen (secondary N) is 3. The Hall–Kier alpha value is -4.85. The van der Waals surface area contributed by atoms with Gasteiger partial charge in [-0.3, -0.25) is 19.1 Å². The molecule has 340 valence electrons. The number of benzene rings is 1. The average molecular weight is 893 g/mol. The molecule has 4 fully saturated rings. The van der Waals surface area contributed by atoms with Crippen LogP contribution in [-0.2, 0) is 33.9 Å². The van der Waals surface area contributed by atoms with Crippen LogP contribution in [0.1, 0.15) is 72.6 Å². The monoisotopic (exact) mass is 892 g/mol. The third-order valence-corrected chi connectivity index (χ3v) is 15.0. The zero-order valence-corrected chi connectivity index (χ0v) is 36.3. The van der Waals surface area contributed by atoms with Gasteiger partial charge in [0, 0.05) is 30.8 Å². The molecule has 0 radical (unpaired) electrons. The summed E-state index contributed by atoms with van der Waals surface area (Å²) in [6.07, 6.45) is -3.79. The Morgan fingerprint density at radius 2 is 1.82 bits per heavy atom. The highest BCUT2D eigenvalue weighted by atomic mass is 32.2. The van der Waals surface area contributed by atoms with Crippen LogP contribution in [0.4, 0.5) is 23.8 Å². The van der Waals surface area contributed by atoms with Crippen molar-refractivity contribution in [1.29, 1.82) is 0 Å². The number of hydrogen-bond acceptors (Lipinski definition) is 12. The van der Waals surface area contributed by atoms with Gasteiger partial charge in [0.05, 0.1) is 31.6 Å². The number of pyridine rings is 1. The number of sulfonamides is 1. The van der Waals surface area contributed by atoms with Gasteiger partial charge in [0.25, 0.3) is 5.91 Å². The molecule has 2 aromatic rings. The minimum atomic E-state index is -4.86. The molecule has 16 nitrogen and oxygen atoms in total. The van der Waals surface area contributed by atoms with Crippen molar-refractivity contribution in [2.24, 2.45) is 17.8 Å². The summed E-state index contributed by atoms with van der Waals surface area (Å²) in [4.78, 5) is 64.7. The Morgan fingerprint density at radius 3 is 2.50 bits per heavy atom. The normalized spacial score (nSPS) is 30.1. The van der Waals surface area contributed by atoms with E-state index < -0.39 is 86.4 Å². The number of alkyl carbamates (subject to hydrolysis) is 1. The second-order valence-electron chi connectivity index (χ2n) is 17.6. The highest BCUT2D eigenvalue weighted by Crippen LogP contribution is 2.48. The van der Waals surface area contributed by atoms with Crippen LogP contribution in [0.5, 0.6) is 11.6 Å². The van der Waals surface area contributed by atoms with Crippen molar-refractivity contribution in [2.45, 2.75) is 113 Å². The molecular formula is C42H55F3N6O10S. The van der Waals surface area contributed by atoms with E-state index in [9.17, 15) is 40.8 Å². The van der Waals surface area contributed by atoms with E-state index in [1.165, 1.54) is 4.90 Å². The highest BCUT2D eigenvalue weighted by Gasteiger charge is 2.63. The Bertz CT molecular complexity index is 2200. The molecule has 3 aliphatic heterocycles. The fourth-order valence-corrected chi connectivity index (χ4v) is 9.82. The first-order chi connectivity index (χ1) is 29.2. The highest BCUT2D eigenvalue weighted by molar-refractivity contribution is 7.91. The lowest BCUT2D eigenvalue weighted by Gasteiger charge is -2.33. The molecule has 2 saturated carbocycles. The summed E-state index contributed by atoms with van der Waals surface area (Å²) in [5.41, 5.74) is -1.66. The lowest BCUT2D eigenvalue weighted by Crippen LogP contribution is -2.59. The van der Waals surface area contributed by atoms with E-state index in [-0.39, 0.29) is 31.2 Å². The summed E-state index contributed by atoms with van der Waals surface area (Å²) in [6, 6.07) is 4.48. The molecule has 4 amide bonds. The van der Waals surface area contributed by atoms with E-state index in [1.807, 2.05) is 30.0 Å². The fourth-order valence-electron chi connectivity index (χ4n) is 8.50. The quantitative estimate of drug-likeness (QED) is 0.302. The molecule has 0 unspecified atom stereocenters. The SMILES string of the molecule is COc1ccc2c(O[C@@H]3C[C@H]4C(=O)N[C@]5(C(=O)NS(=O)(=O)C6(C)CC6)C[C@H]5/C=C\CC[C@@H](C)C[C@@H](C)[C@H](NC(=O)O[C@H](C)C(F)(F)F)C(=O)N4C3)nc(N3CCOCC3)cc2c1. The van der Waals surface area contributed by atoms with E-state index in [4.69, 9.17) is 19.2 Å². The van der Waals surface area contributed by atoms with Crippen molar-refractivity contribution < 1.29 is 59.7 Å². The topological polar surface area (TPSA) is 195 Å². The minimum absolute atomic E-state index is 0.0411. The number of methoxy groups -OCH3 is 1. The first-order valence-corrected chi connectivity index (χ1v) is 22.6. The molecule has 2 saturated heterocycles. The molecule has 8 atom stereocenters. The maximum atomic E-state index is 14.9. The number of anilines is 1. The Balaban J connectivity index is 1.24. The van der Waals surface area contributed by atoms with Crippen molar-refractivity contribution in [3.63, 3.8) is 0 Å². The minimum Gasteiger partial charge on any atom is -0.497 e. The number of nitrogens with zero attached hydrogens (tertiary/aromatic N) is 3. The molecule has 0 spiro atoms. The Morgan fingerprint density at radius 1 is 1.10 bits per heavy atom. The van der Waals surface area contributed by atoms with Crippen molar-refractivity contribution in [3.8, 4) is 11.6 Å². The molecule has 2 aliphatic carbocycles. The van der Waals surface area contributed by atoms with Gasteiger partial charge in [-0.15, -0.1) is 0 Å². The van der Waals surface area contributed by atoms with E-state index in [0.717, 1.165) is 5.39 Å². The first kappa shape index (κ1) is 45.2. The maximum absolute atomic E-state index is 14.9. The average Bonchev–Trinajstić information content (AvgIpc) is 4.10. The van der Waals surface area contributed by atoms with Gasteiger partial charge in [-0.05, 0) is 93.9 Å². The number of carbonyl (C=O) groups is 4. The van der Waals surface area contributed by atoms with E-state index in [2.05, 4.69) is 20.1 Å². The number of halogens is 3. The first-order valence-electron chi connectivity index (χ1n) is 21.1. The van der Waals surface area contributed by atoms with Crippen molar-refractivity contribution in [1.82, 2.24) is 25.2 Å². The van der Waals surface area contributed by atoms with Crippen LogP contribution >= 0.6 is 0 Å².